The highest BCUT2D eigenvalue weighted by Crippen LogP contribution is 2.03. The minimum absolute atomic E-state index is 0.0269. The van der Waals surface area contributed by atoms with Crippen molar-refractivity contribution in [3.8, 4) is 0 Å². The van der Waals surface area contributed by atoms with Crippen molar-refractivity contribution in [1.82, 2.24) is 9.97 Å². The number of amides is 1. The largest absolute Gasteiger partial charge is 0.692 e. The Morgan fingerprint density at radius 1 is 1.36 bits per heavy atom. The van der Waals surface area contributed by atoms with Crippen molar-refractivity contribution >= 4 is 32.5 Å². The summed E-state index contributed by atoms with van der Waals surface area (Å²) in [4.78, 5) is 40.5. The fraction of sp³-hybridized carbons (Fsp3) is 0.400. The normalized spacial score (nSPS) is 13.0. The van der Waals surface area contributed by atoms with Gasteiger partial charge in [0.05, 0.1) is 6.61 Å². The van der Waals surface area contributed by atoms with Gasteiger partial charge in [-0.05, 0) is 0 Å². The molecular formula is C10H19N5O9P+. The summed E-state index contributed by atoms with van der Waals surface area (Å²) in [7, 11) is -2.87. The van der Waals surface area contributed by atoms with Gasteiger partial charge in [0.25, 0.3) is 5.91 Å². The van der Waals surface area contributed by atoms with E-state index < -0.39 is 39.1 Å². The maximum absolute atomic E-state index is 10.5. The van der Waals surface area contributed by atoms with Crippen LogP contribution in [0.5, 0.6) is 0 Å². The van der Waals surface area contributed by atoms with Crippen molar-refractivity contribution in [1.29, 1.82) is 5.41 Å². The van der Waals surface area contributed by atoms with Gasteiger partial charge in [-0.25, -0.2) is 4.98 Å². The molecule has 12 N–H and O–H groups in total. The molecule has 1 aromatic heterocycles. The third kappa shape index (κ3) is 11.0. The predicted molar refractivity (Wildman–Crippen MR) is 82.6 cm³/mol. The highest BCUT2D eigenvalue weighted by Gasteiger charge is 2.22. The van der Waals surface area contributed by atoms with Crippen LogP contribution in [-0.4, -0.2) is 83.5 Å². The standard InChI is InChI=1S/C5H7N5O.C5H10O5.HO3P/c6-1-2-3(7)10-5(9-2)4(8)11;6-1-3(8)5(10)4(9)2-7;1-4(2)3/h1,6H,7H2,(H2,8,11)(H,9,10);1,3-5,7-10H,2H2;(H-,1,2,3)/p+1. The Bertz CT molecular complexity index is 577. The number of nitrogens with two attached hydrogens (primary N) is 2. The van der Waals surface area contributed by atoms with E-state index in [0.29, 0.717) is 5.69 Å². The highest BCUT2D eigenvalue weighted by molar-refractivity contribution is 7.30. The molecule has 0 fully saturated rings. The van der Waals surface area contributed by atoms with Crippen LogP contribution in [0.3, 0.4) is 0 Å². The van der Waals surface area contributed by atoms with Crippen LogP contribution in [-0.2, 0) is 9.36 Å². The summed E-state index contributed by atoms with van der Waals surface area (Å²) in [6.45, 7) is -0.688. The van der Waals surface area contributed by atoms with Crippen LogP contribution in [0.15, 0.2) is 0 Å². The lowest BCUT2D eigenvalue weighted by molar-refractivity contribution is -0.127. The number of aldehydes is 1. The van der Waals surface area contributed by atoms with Crippen LogP contribution in [0.1, 0.15) is 16.3 Å². The van der Waals surface area contributed by atoms with Gasteiger partial charge in [0.1, 0.15) is 24.0 Å². The highest BCUT2D eigenvalue weighted by atomic mass is 31.1. The van der Waals surface area contributed by atoms with Gasteiger partial charge in [0.2, 0.25) is 0 Å². The molecule has 1 amide bonds. The van der Waals surface area contributed by atoms with E-state index >= 15 is 0 Å². The van der Waals surface area contributed by atoms with Crippen molar-refractivity contribution < 1.29 is 44.4 Å². The Morgan fingerprint density at radius 2 is 1.84 bits per heavy atom. The number of nitrogen functional groups attached to an aromatic ring is 1. The summed E-state index contributed by atoms with van der Waals surface area (Å²) in [6, 6.07) is 0. The van der Waals surface area contributed by atoms with Crippen LogP contribution in [0.25, 0.3) is 0 Å². The number of hydrogen-bond acceptors (Lipinski definition) is 10. The number of nitrogens with zero attached hydrogens (tertiary/aromatic N) is 1. The number of aliphatic hydroxyl groups is 4. The lowest BCUT2D eigenvalue weighted by Gasteiger charge is -2.16. The van der Waals surface area contributed by atoms with Gasteiger partial charge >= 0.3 is 8.25 Å². The van der Waals surface area contributed by atoms with Gasteiger partial charge < -0.3 is 47.1 Å². The molecule has 25 heavy (non-hydrogen) atoms. The summed E-state index contributed by atoms with van der Waals surface area (Å²) in [5.41, 5.74) is 10.5. The van der Waals surface area contributed by atoms with Crippen molar-refractivity contribution in [3.63, 3.8) is 0 Å². The van der Waals surface area contributed by atoms with Crippen LogP contribution in [0, 0.1) is 5.41 Å². The average Bonchev–Trinajstić information content (AvgIpc) is 2.94. The van der Waals surface area contributed by atoms with Gasteiger partial charge in [-0.15, -0.1) is 9.79 Å². The number of carbonyl (C=O) groups is 2. The molecule has 1 heterocycles. The van der Waals surface area contributed by atoms with Crippen LogP contribution >= 0.6 is 8.25 Å². The van der Waals surface area contributed by atoms with E-state index in [9.17, 15) is 9.59 Å². The molecule has 0 aliphatic carbocycles. The number of imidazole rings is 1. The molecule has 142 valence electrons. The van der Waals surface area contributed by atoms with E-state index in [4.69, 9.17) is 51.7 Å². The Labute approximate surface area is 141 Å². The molecule has 0 radical (unpaired) electrons. The monoisotopic (exact) mass is 384 g/mol. The van der Waals surface area contributed by atoms with E-state index in [1.165, 1.54) is 0 Å². The van der Waals surface area contributed by atoms with Gasteiger partial charge in [0.15, 0.2) is 17.9 Å². The molecule has 3 atom stereocenters. The third-order valence-corrected chi connectivity index (χ3v) is 2.21. The first-order chi connectivity index (χ1) is 11.5. The van der Waals surface area contributed by atoms with Crippen molar-refractivity contribution in [3.05, 3.63) is 11.5 Å². The number of nitrogens with one attached hydrogen (secondary N) is 2. The number of aliphatic hydroxyl groups excluding tert-OH is 4. The van der Waals surface area contributed by atoms with Crippen LogP contribution in [0.2, 0.25) is 0 Å². The van der Waals surface area contributed by atoms with Crippen molar-refractivity contribution in [2.45, 2.75) is 18.3 Å². The molecule has 1 rings (SSSR count). The quantitative estimate of drug-likeness (QED) is 0.128. The zero-order chi connectivity index (χ0) is 20.2. The first-order valence-electron chi connectivity index (χ1n) is 6.12. The van der Waals surface area contributed by atoms with Gasteiger partial charge in [0, 0.05) is 10.8 Å². The topological polar surface area (TPSA) is 277 Å². The average molecular weight is 384 g/mol. The number of aromatic amines is 1. The summed E-state index contributed by atoms with van der Waals surface area (Å²) < 4.78 is 8.70. The first-order valence-corrected chi connectivity index (χ1v) is 7.29. The fourth-order valence-electron chi connectivity index (χ4n) is 1.04. The molecule has 15 heteroatoms. The second kappa shape index (κ2) is 13.0. The Balaban J connectivity index is 0. The van der Waals surface area contributed by atoms with Gasteiger partial charge in [-0.3, -0.25) is 4.79 Å². The smallest absolute Gasteiger partial charge is 0.394 e. The van der Waals surface area contributed by atoms with E-state index in [0.717, 1.165) is 6.21 Å². The molecule has 14 nitrogen and oxygen atoms in total. The maximum atomic E-state index is 10.5. The first kappa shape index (κ1) is 24.9. The molecule has 0 spiro atoms. The number of hydrogen-bond donors (Lipinski definition) is 10. The van der Waals surface area contributed by atoms with Gasteiger partial charge in [-0.2, -0.15) is 0 Å². The molecule has 0 saturated heterocycles. The minimum atomic E-state index is -2.87. The lowest BCUT2D eigenvalue weighted by Crippen LogP contribution is -2.40. The number of aromatic nitrogens is 2. The second-order valence-electron chi connectivity index (χ2n) is 4.01. The Kier molecular flexibility index (Phi) is 13.0. The Morgan fingerprint density at radius 3 is 2.08 bits per heavy atom. The lowest BCUT2D eigenvalue weighted by atomic mass is 10.1. The number of H-pyrrole nitrogens is 1. The number of primary amides is 1. The zero-order valence-electron chi connectivity index (χ0n) is 12.6. The molecule has 1 aromatic rings. The number of carbonyl (C=O) groups excluding carboxylic acids is 2. The molecule has 3 unspecified atom stereocenters. The molecular weight excluding hydrogens is 365 g/mol. The predicted octanol–water partition coefficient (Wildman–Crippen LogP) is -4.02. The molecule has 0 aliphatic heterocycles. The van der Waals surface area contributed by atoms with Crippen LogP contribution < -0.4 is 11.5 Å². The summed E-state index contributed by atoms with van der Waals surface area (Å²) in [5.74, 6) is -0.611. The second-order valence-corrected chi connectivity index (χ2v) is 4.52. The summed E-state index contributed by atoms with van der Waals surface area (Å²) >= 11 is 0. The molecule has 0 aliphatic rings. The van der Waals surface area contributed by atoms with Crippen molar-refractivity contribution in [2.75, 3.05) is 12.3 Å². The maximum Gasteiger partial charge on any atom is 0.692 e. The van der Waals surface area contributed by atoms with E-state index in [-0.39, 0.29) is 17.9 Å². The van der Waals surface area contributed by atoms with E-state index in [1.807, 2.05) is 0 Å². The number of anilines is 1. The minimum Gasteiger partial charge on any atom is -0.394 e. The third-order valence-electron chi connectivity index (χ3n) is 2.21. The molecule has 0 aromatic carbocycles. The molecule has 0 bridgehead atoms. The number of rotatable bonds is 6. The Hall–Kier alpha value is -2.32. The van der Waals surface area contributed by atoms with E-state index in [1.54, 1.807) is 0 Å². The van der Waals surface area contributed by atoms with Gasteiger partial charge in [-0.1, -0.05) is 0 Å². The summed E-state index contributed by atoms with van der Waals surface area (Å²) in [6.07, 6.45) is -3.66. The van der Waals surface area contributed by atoms with Crippen LogP contribution in [0.4, 0.5) is 5.82 Å². The van der Waals surface area contributed by atoms with E-state index in [2.05, 4.69) is 9.97 Å². The fourth-order valence-corrected chi connectivity index (χ4v) is 1.04. The SMILES string of the molecule is N=Cc1[nH]c(C(N)=O)nc1N.O=CC(O)C(O)C(O)CO.O=[P+](O)O. The van der Waals surface area contributed by atoms with Crippen molar-refractivity contribution in [2.24, 2.45) is 5.73 Å². The summed E-state index contributed by atoms with van der Waals surface area (Å²) in [5, 5.41) is 40.9. The zero-order valence-corrected chi connectivity index (χ0v) is 13.4. The molecule has 0 saturated carbocycles.